The van der Waals surface area contributed by atoms with Crippen molar-refractivity contribution in [1.82, 2.24) is 10.6 Å². The van der Waals surface area contributed by atoms with Crippen LogP contribution in [0.1, 0.15) is 12.5 Å². The van der Waals surface area contributed by atoms with Gasteiger partial charge in [0.2, 0.25) is 5.91 Å². The van der Waals surface area contributed by atoms with E-state index in [2.05, 4.69) is 10.6 Å². The van der Waals surface area contributed by atoms with Crippen LogP contribution in [0, 0.1) is 0 Å². The summed E-state index contributed by atoms with van der Waals surface area (Å²) in [7, 11) is 1.51. The minimum absolute atomic E-state index is 0.0339. The van der Waals surface area contributed by atoms with E-state index in [0.29, 0.717) is 13.2 Å². The van der Waals surface area contributed by atoms with Gasteiger partial charge in [-0.3, -0.25) is 9.59 Å². The Morgan fingerprint density at radius 1 is 1.17 bits per heavy atom. The Hall–Kier alpha value is -2.67. The topological polar surface area (TPSA) is 93.7 Å². The summed E-state index contributed by atoms with van der Waals surface area (Å²) in [6, 6.07) is 8.97. The van der Waals surface area contributed by atoms with E-state index < -0.39 is 24.4 Å². The van der Waals surface area contributed by atoms with Crippen LogP contribution in [0.15, 0.2) is 36.0 Å². The molecule has 0 saturated heterocycles. The molecule has 2 N–H and O–H groups in total. The average molecular weight is 320 g/mol. The summed E-state index contributed by atoms with van der Waals surface area (Å²) in [6.07, 6.45) is 1.48. The van der Waals surface area contributed by atoms with E-state index in [1.165, 1.54) is 20.1 Å². The molecule has 0 spiro atoms. The quantitative estimate of drug-likeness (QED) is 0.412. The lowest BCUT2D eigenvalue weighted by Gasteiger charge is -2.09. The molecule has 124 valence electrons. The zero-order valence-electron chi connectivity index (χ0n) is 13.1. The van der Waals surface area contributed by atoms with Gasteiger partial charge in [0.1, 0.15) is 5.70 Å². The summed E-state index contributed by atoms with van der Waals surface area (Å²) in [5.74, 6) is -1.64. The van der Waals surface area contributed by atoms with Crippen molar-refractivity contribution < 1.29 is 23.9 Å². The highest BCUT2D eigenvalue weighted by atomic mass is 16.5. The molecular weight excluding hydrogens is 300 g/mol. The van der Waals surface area contributed by atoms with Crippen molar-refractivity contribution in [3.63, 3.8) is 0 Å². The zero-order chi connectivity index (χ0) is 17.1. The van der Waals surface area contributed by atoms with Gasteiger partial charge >= 0.3 is 5.97 Å². The van der Waals surface area contributed by atoms with Gasteiger partial charge < -0.3 is 20.1 Å². The van der Waals surface area contributed by atoms with Crippen LogP contribution in [0.2, 0.25) is 0 Å². The molecule has 0 radical (unpaired) electrons. The van der Waals surface area contributed by atoms with Crippen LogP contribution >= 0.6 is 0 Å². The van der Waals surface area contributed by atoms with Crippen molar-refractivity contribution in [2.45, 2.75) is 6.92 Å². The smallest absolute Gasteiger partial charge is 0.355 e. The minimum atomic E-state index is -0.786. The van der Waals surface area contributed by atoms with Gasteiger partial charge in [-0.1, -0.05) is 30.3 Å². The molecule has 1 aromatic rings. The first-order valence-corrected chi connectivity index (χ1v) is 7.00. The maximum Gasteiger partial charge on any atom is 0.355 e. The number of hydrogen-bond donors (Lipinski definition) is 2. The molecule has 1 rings (SSSR count). The molecule has 0 atom stereocenters. The number of carbonyl (C=O) groups is 3. The molecule has 0 aliphatic heterocycles. The standard InChI is InChI=1S/C16H20N2O5/c1-12(19)18-14(10-13-6-4-3-5-7-13)16(21)23-11-15(20)17-8-9-22-2/h3-7,10H,8-9,11H2,1-2H3,(H,17,20)(H,18,19)/b14-10-. The van der Waals surface area contributed by atoms with E-state index in [0.717, 1.165) is 5.56 Å². The van der Waals surface area contributed by atoms with Gasteiger partial charge in [-0.25, -0.2) is 4.79 Å². The number of amides is 2. The van der Waals surface area contributed by atoms with E-state index in [9.17, 15) is 14.4 Å². The van der Waals surface area contributed by atoms with Gasteiger partial charge in [0.15, 0.2) is 6.61 Å². The number of hydrogen-bond acceptors (Lipinski definition) is 5. The van der Waals surface area contributed by atoms with Crippen LogP contribution in [-0.2, 0) is 23.9 Å². The van der Waals surface area contributed by atoms with Crippen molar-refractivity contribution in [1.29, 1.82) is 0 Å². The fourth-order valence-electron chi connectivity index (χ4n) is 1.60. The third kappa shape index (κ3) is 7.77. The number of benzene rings is 1. The Balaban J connectivity index is 2.64. The second kappa shape index (κ2) is 10.1. The number of ether oxygens (including phenoxy) is 2. The van der Waals surface area contributed by atoms with Crippen molar-refractivity contribution in [2.75, 3.05) is 26.9 Å². The van der Waals surface area contributed by atoms with Gasteiger partial charge in [-0.15, -0.1) is 0 Å². The lowest BCUT2D eigenvalue weighted by molar-refractivity contribution is -0.145. The second-order valence-electron chi connectivity index (χ2n) is 4.57. The fourth-order valence-corrected chi connectivity index (χ4v) is 1.60. The molecule has 0 unspecified atom stereocenters. The third-order valence-electron chi connectivity index (χ3n) is 2.60. The van der Waals surface area contributed by atoms with Crippen molar-refractivity contribution in [3.05, 3.63) is 41.6 Å². The second-order valence-corrected chi connectivity index (χ2v) is 4.57. The Kier molecular flexibility index (Phi) is 8.09. The van der Waals surface area contributed by atoms with E-state index in [4.69, 9.17) is 9.47 Å². The first-order chi connectivity index (χ1) is 11.0. The molecule has 23 heavy (non-hydrogen) atoms. The lowest BCUT2D eigenvalue weighted by Crippen LogP contribution is -2.33. The SMILES string of the molecule is COCCNC(=O)COC(=O)/C(=C/c1ccccc1)NC(C)=O. The average Bonchev–Trinajstić information content (AvgIpc) is 2.53. The summed E-state index contributed by atoms with van der Waals surface area (Å²) in [4.78, 5) is 34.7. The Bertz CT molecular complexity index is 569. The van der Waals surface area contributed by atoms with Crippen molar-refractivity contribution in [3.8, 4) is 0 Å². The van der Waals surface area contributed by atoms with Crippen LogP contribution in [0.3, 0.4) is 0 Å². The molecule has 7 nitrogen and oxygen atoms in total. The predicted molar refractivity (Wildman–Crippen MR) is 84.1 cm³/mol. The van der Waals surface area contributed by atoms with E-state index >= 15 is 0 Å². The molecule has 7 heteroatoms. The van der Waals surface area contributed by atoms with E-state index in [1.807, 2.05) is 6.07 Å². The molecule has 0 aliphatic carbocycles. The van der Waals surface area contributed by atoms with Gasteiger partial charge in [0, 0.05) is 20.6 Å². The van der Waals surface area contributed by atoms with Gasteiger partial charge in [-0.2, -0.15) is 0 Å². The Morgan fingerprint density at radius 3 is 2.48 bits per heavy atom. The first kappa shape index (κ1) is 18.4. The molecule has 1 aromatic carbocycles. The van der Waals surface area contributed by atoms with E-state index in [-0.39, 0.29) is 5.70 Å². The van der Waals surface area contributed by atoms with Crippen LogP contribution < -0.4 is 10.6 Å². The predicted octanol–water partition coefficient (Wildman–Crippen LogP) is 0.469. The number of nitrogens with one attached hydrogen (secondary N) is 2. The Labute approximate surface area is 134 Å². The number of rotatable bonds is 8. The zero-order valence-corrected chi connectivity index (χ0v) is 13.1. The third-order valence-corrected chi connectivity index (χ3v) is 2.60. The molecule has 0 aliphatic rings. The molecule has 0 saturated carbocycles. The van der Waals surface area contributed by atoms with Crippen LogP contribution in [0.5, 0.6) is 0 Å². The summed E-state index contributed by atoms with van der Waals surface area (Å²) in [5, 5.41) is 4.92. The largest absolute Gasteiger partial charge is 0.451 e. The molecule has 0 fully saturated rings. The minimum Gasteiger partial charge on any atom is -0.451 e. The summed E-state index contributed by atoms with van der Waals surface area (Å²) >= 11 is 0. The first-order valence-electron chi connectivity index (χ1n) is 7.00. The number of esters is 1. The summed E-state index contributed by atoms with van der Waals surface area (Å²) in [6.45, 7) is 1.54. The Morgan fingerprint density at radius 2 is 1.87 bits per heavy atom. The van der Waals surface area contributed by atoms with Crippen molar-refractivity contribution in [2.24, 2.45) is 0 Å². The molecule has 0 heterocycles. The highest BCUT2D eigenvalue weighted by Crippen LogP contribution is 2.06. The lowest BCUT2D eigenvalue weighted by atomic mass is 10.2. The van der Waals surface area contributed by atoms with Gasteiger partial charge in [0.25, 0.3) is 5.91 Å². The number of methoxy groups -OCH3 is 1. The van der Waals surface area contributed by atoms with Crippen LogP contribution in [0.25, 0.3) is 6.08 Å². The summed E-state index contributed by atoms with van der Waals surface area (Å²) in [5.41, 5.74) is 0.686. The van der Waals surface area contributed by atoms with Crippen LogP contribution in [0.4, 0.5) is 0 Å². The molecule has 0 bridgehead atoms. The monoisotopic (exact) mass is 320 g/mol. The number of carbonyl (C=O) groups excluding carboxylic acids is 3. The normalized spacial score (nSPS) is 10.8. The molecule has 0 aromatic heterocycles. The van der Waals surface area contributed by atoms with E-state index in [1.54, 1.807) is 24.3 Å². The molecule has 2 amide bonds. The maximum absolute atomic E-state index is 12.0. The highest BCUT2D eigenvalue weighted by Gasteiger charge is 2.14. The van der Waals surface area contributed by atoms with Crippen LogP contribution in [-0.4, -0.2) is 44.7 Å². The summed E-state index contributed by atoms with van der Waals surface area (Å²) < 4.78 is 9.68. The van der Waals surface area contributed by atoms with Gasteiger partial charge in [0.05, 0.1) is 6.61 Å². The highest BCUT2D eigenvalue weighted by molar-refractivity contribution is 5.98. The fraction of sp³-hybridized carbons (Fsp3) is 0.312. The van der Waals surface area contributed by atoms with Gasteiger partial charge in [-0.05, 0) is 11.6 Å². The maximum atomic E-state index is 12.0. The van der Waals surface area contributed by atoms with Crippen molar-refractivity contribution >= 4 is 23.9 Å². The molecular formula is C16H20N2O5.